The molecule has 108 valence electrons. The van der Waals surface area contributed by atoms with Crippen molar-refractivity contribution in [1.29, 1.82) is 5.26 Å². The van der Waals surface area contributed by atoms with Crippen molar-refractivity contribution in [1.82, 2.24) is 9.80 Å². The summed E-state index contributed by atoms with van der Waals surface area (Å²) >= 11 is 0. The molecule has 0 radical (unpaired) electrons. The minimum Gasteiger partial charge on any atom is -0.342 e. The lowest BCUT2D eigenvalue weighted by atomic mass is 9.95. The summed E-state index contributed by atoms with van der Waals surface area (Å²) in [6.45, 7) is 5.96. The molecule has 2 atom stereocenters. The number of hydrogen-bond donors (Lipinski definition) is 0. The van der Waals surface area contributed by atoms with Crippen molar-refractivity contribution in [3.05, 3.63) is 0 Å². The molecule has 1 rings (SSSR count). The van der Waals surface area contributed by atoms with Crippen molar-refractivity contribution in [2.75, 3.05) is 26.7 Å². The van der Waals surface area contributed by atoms with Gasteiger partial charge in [0.1, 0.15) is 0 Å². The maximum atomic E-state index is 12.1. The first kappa shape index (κ1) is 16.0. The summed E-state index contributed by atoms with van der Waals surface area (Å²) < 4.78 is 0. The van der Waals surface area contributed by atoms with Gasteiger partial charge in [-0.3, -0.25) is 9.69 Å². The van der Waals surface area contributed by atoms with Gasteiger partial charge in [0.25, 0.3) is 0 Å². The fraction of sp³-hybridized carbons (Fsp3) is 0.867. The molecule has 1 amide bonds. The van der Waals surface area contributed by atoms with E-state index in [2.05, 4.69) is 11.0 Å². The van der Waals surface area contributed by atoms with Crippen LogP contribution in [-0.2, 0) is 4.79 Å². The number of likely N-dealkylation sites (N-methyl/N-ethyl adjacent to an activating group) is 2. The van der Waals surface area contributed by atoms with E-state index in [4.69, 9.17) is 0 Å². The Morgan fingerprint density at radius 1 is 1.21 bits per heavy atom. The van der Waals surface area contributed by atoms with Gasteiger partial charge in [-0.25, -0.2) is 0 Å². The van der Waals surface area contributed by atoms with Crippen molar-refractivity contribution in [2.24, 2.45) is 5.92 Å². The number of rotatable bonds is 5. The lowest BCUT2D eigenvalue weighted by molar-refractivity contribution is -0.132. The molecule has 0 spiro atoms. The van der Waals surface area contributed by atoms with Crippen LogP contribution < -0.4 is 0 Å². The molecular weight excluding hydrogens is 238 g/mol. The summed E-state index contributed by atoms with van der Waals surface area (Å²) in [6, 6.07) is 2.68. The molecule has 0 bridgehead atoms. The molecule has 0 saturated heterocycles. The third kappa shape index (κ3) is 4.50. The molecule has 19 heavy (non-hydrogen) atoms. The first-order chi connectivity index (χ1) is 9.13. The van der Waals surface area contributed by atoms with E-state index in [0.29, 0.717) is 6.54 Å². The van der Waals surface area contributed by atoms with E-state index < -0.39 is 0 Å². The zero-order valence-electron chi connectivity index (χ0n) is 12.6. The van der Waals surface area contributed by atoms with Gasteiger partial charge in [0.15, 0.2) is 0 Å². The fourth-order valence-corrected chi connectivity index (χ4v) is 2.97. The van der Waals surface area contributed by atoms with Gasteiger partial charge in [-0.15, -0.1) is 0 Å². The Morgan fingerprint density at radius 2 is 1.84 bits per heavy atom. The molecule has 1 saturated carbocycles. The monoisotopic (exact) mass is 265 g/mol. The molecule has 0 heterocycles. The molecule has 2 unspecified atom stereocenters. The fourth-order valence-electron chi connectivity index (χ4n) is 2.97. The molecule has 0 aliphatic heterocycles. The second-order valence-corrected chi connectivity index (χ2v) is 5.42. The predicted molar refractivity (Wildman–Crippen MR) is 76.5 cm³/mol. The molecule has 1 aliphatic carbocycles. The molecule has 0 aromatic rings. The standard InChI is InChI=1S/C15H27N3O/c1-4-18(5-2)15(19)12-17(3)14-10-8-6-7-9-13(14)11-16/h13-14H,4-10,12H2,1-3H3. The molecule has 0 aromatic carbocycles. The lowest BCUT2D eigenvalue weighted by Gasteiger charge is -2.31. The molecule has 1 fully saturated rings. The van der Waals surface area contributed by atoms with Crippen LogP contribution in [0.2, 0.25) is 0 Å². The van der Waals surface area contributed by atoms with Crippen LogP contribution in [-0.4, -0.2) is 48.4 Å². The number of nitrogens with zero attached hydrogens (tertiary/aromatic N) is 3. The van der Waals surface area contributed by atoms with Crippen LogP contribution in [0.1, 0.15) is 46.0 Å². The van der Waals surface area contributed by atoms with Crippen LogP contribution in [0.15, 0.2) is 0 Å². The topological polar surface area (TPSA) is 47.3 Å². The minimum absolute atomic E-state index is 0.0806. The average molecular weight is 265 g/mol. The normalized spacial score (nSPS) is 23.7. The number of nitriles is 1. The molecule has 1 aliphatic rings. The third-order valence-corrected chi connectivity index (χ3v) is 4.21. The van der Waals surface area contributed by atoms with Gasteiger partial charge in [0.05, 0.1) is 18.5 Å². The SMILES string of the molecule is CCN(CC)C(=O)CN(C)C1CCCCCC1C#N. The smallest absolute Gasteiger partial charge is 0.236 e. The summed E-state index contributed by atoms with van der Waals surface area (Å²) in [5, 5.41) is 9.30. The predicted octanol–water partition coefficient (Wildman–Crippen LogP) is 2.26. The first-order valence-corrected chi connectivity index (χ1v) is 7.51. The van der Waals surface area contributed by atoms with Crippen molar-refractivity contribution >= 4 is 5.91 Å². The van der Waals surface area contributed by atoms with Gasteiger partial charge in [0, 0.05) is 19.1 Å². The molecule has 0 aromatic heterocycles. The zero-order chi connectivity index (χ0) is 14.3. The van der Waals surface area contributed by atoms with Crippen molar-refractivity contribution < 1.29 is 4.79 Å². The van der Waals surface area contributed by atoms with Crippen LogP contribution in [0.3, 0.4) is 0 Å². The maximum absolute atomic E-state index is 12.1. The molecule has 4 heteroatoms. The Hall–Kier alpha value is -1.08. The zero-order valence-corrected chi connectivity index (χ0v) is 12.6. The summed E-state index contributed by atoms with van der Waals surface area (Å²) in [5.41, 5.74) is 0. The third-order valence-electron chi connectivity index (χ3n) is 4.21. The highest BCUT2D eigenvalue weighted by Crippen LogP contribution is 2.26. The van der Waals surface area contributed by atoms with Gasteiger partial charge >= 0.3 is 0 Å². The van der Waals surface area contributed by atoms with Gasteiger partial charge in [-0.2, -0.15) is 5.26 Å². The highest BCUT2D eigenvalue weighted by Gasteiger charge is 2.28. The van der Waals surface area contributed by atoms with E-state index in [9.17, 15) is 10.1 Å². The van der Waals surface area contributed by atoms with Gasteiger partial charge in [0.2, 0.25) is 5.91 Å². The second kappa shape index (κ2) is 8.16. The highest BCUT2D eigenvalue weighted by atomic mass is 16.2. The minimum atomic E-state index is 0.0806. The van der Waals surface area contributed by atoms with E-state index in [1.54, 1.807) is 0 Å². The van der Waals surface area contributed by atoms with Crippen LogP contribution in [0.4, 0.5) is 0 Å². The van der Waals surface area contributed by atoms with Crippen LogP contribution >= 0.6 is 0 Å². The summed E-state index contributed by atoms with van der Waals surface area (Å²) in [4.78, 5) is 16.1. The highest BCUT2D eigenvalue weighted by molar-refractivity contribution is 5.78. The summed E-state index contributed by atoms with van der Waals surface area (Å²) in [5.74, 6) is 0.255. The van der Waals surface area contributed by atoms with E-state index >= 15 is 0 Å². The summed E-state index contributed by atoms with van der Waals surface area (Å²) in [6.07, 6.45) is 5.55. The Bertz CT molecular complexity index is 320. The van der Waals surface area contributed by atoms with Crippen molar-refractivity contribution in [3.63, 3.8) is 0 Å². The van der Waals surface area contributed by atoms with E-state index in [1.165, 1.54) is 12.8 Å². The average Bonchev–Trinajstić information content (AvgIpc) is 2.64. The number of amides is 1. The largest absolute Gasteiger partial charge is 0.342 e. The lowest BCUT2D eigenvalue weighted by Crippen LogP contribution is -2.44. The quantitative estimate of drug-likeness (QED) is 0.716. The van der Waals surface area contributed by atoms with Crippen molar-refractivity contribution in [3.8, 4) is 6.07 Å². The molecule has 4 nitrogen and oxygen atoms in total. The number of carbonyl (C=O) groups is 1. The Morgan fingerprint density at radius 3 is 2.42 bits per heavy atom. The first-order valence-electron chi connectivity index (χ1n) is 7.51. The Balaban J connectivity index is 2.61. The molecular formula is C15H27N3O. The number of hydrogen-bond acceptors (Lipinski definition) is 3. The van der Waals surface area contributed by atoms with E-state index in [-0.39, 0.29) is 17.9 Å². The summed E-state index contributed by atoms with van der Waals surface area (Å²) in [7, 11) is 1.99. The Kier molecular flexibility index (Phi) is 6.86. The van der Waals surface area contributed by atoms with Crippen LogP contribution in [0, 0.1) is 17.2 Å². The van der Waals surface area contributed by atoms with E-state index in [1.807, 2.05) is 25.8 Å². The Labute approximate surface area is 117 Å². The molecule has 0 N–H and O–H groups in total. The van der Waals surface area contributed by atoms with Gasteiger partial charge in [-0.05, 0) is 33.7 Å². The van der Waals surface area contributed by atoms with Crippen molar-refractivity contribution in [2.45, 2.75) is 52.0 Å². The second-order valence-electron chi connectivity index (χ2n) is 5.42. The van der Waals surface area contributed by atoms with Crippen LogP contribution in [0.25, 0.3) is 0 Å². The van der Waals surface area contributed by atoms with E-state index in [0.717, 1.165) is 32.4 Å². The van der Waals surface area contributed by atoms with Gasteiger partial charge in [-0.1, -0.05) is 19.3 Å². The van der Waals surface area contributed by atoms with Crippen LogP contribution in [0.5, 0.6) is 0 Å². The maximum Gasteiger partial charge on any atom is 0.236 e. The van der Waals surface area contributed by atoms with Gasteiger partial charge < -0.3 is 4.90 Å². The number of carbonyl (C=O) groups excluding carboxylic acids is 1.